The summed E-state index contributed by atoms with van der Waals surface area (Å²) in [5.41, 5.74) is 1.92. The van der Waals surface area contributed by atoms with Crippen LogP contribution in [0, 0.1) is 5.82 Å². The SMILES string of the molecule is CN=C(NCc1ccc(OC)c(F)c1)NCc1nc(C(C)C)cs1. The van der Waals surface area contributed by atoms with Gasteiger partial charge in [0.2, 0.25) is 0 Å². The summed E-state index contributed by atoms with van der Waals surface area (Å²) in [5.74, 6) is 0.944. The van der Waals surface area contributed by atoms with Gasteiger partial charge < -0.3 is 15.4 Å². The molecule has 0 saturated carbocycles. The average molecular weight is 350 g/mol. The molecule has 0 saturated heterocycles. The zero-order valence-electron chi connectivity index (χ0n) is 14.4. The van der Waals surface area contributed by atoms with E-state index in [1.54, 1.807) is 24.5 Å². The molecule has 1 aromatic heterocycles. The summed E-state index contributed by atoms with van der Waals surface area (Å²) in [6, 6.07) is 4.89. The number of guanidine groups is 1. The molecule has 0 aliphatic heterocycles. The van der Waals surface area contributed by atoms with Crippen LogP contribution in [0.5, 0.6) is 5.75 Å². The number of hydrogen-bond acceptors (Lipinski definition) is 4. The number of methoxy groups -OCH3 is 1. The molecule has 0 fully saturated rings. The second kappa shape index (κ2) is 8.63. The van der Waals surface area contributed by atoms with Crippen molar-refractivity contribution in [1.29, 1.82) is 0 Å². The Kier molecular flexibility index (Phi) is 6.54. The average Bonchev–Trinajstić information content (AvgIpc) is 3.04. The van der Waals surface area contributed by atoms with E-state index in [-0.39, 0.29) is 11.6 Å². The molecule has 0 spiro atoms. The predicted octanol–water partition coefficient (Wildman–Crippen LogP) is 3.28. The molecular weight excluding hydrogens is 327 g/mol. The van der Waals surface area contributed by atoms with E-state index in [0.29, 0.717) is 25.0 Å². The van der Waals surface area contributed by atoms with Crippen LogP contribution in [-0.4, -0.2) is 25.1 Å². The number of hydrogen-bond donors (Lipinski definition) is 2. The molecule has 0 aliphatic rings. The minimum atomic E-state index is -0.372. The van der Waals surface area contributed by atoms with Gasteiger partial charge in [-0.05, 0) is 23.6 Å². The fraction of sp³-hybridized carbons (Fsp3) is 0.412. The largest absolute Gasteiger partial charge is 0.494 e. The van der Waals surface area contributed by atoms with Gasteiger partial charge in [0.15, 0.2) is 17.5 Å². The third-order valence-corrected chi connectivity index (χ3v) is 4.33. The summed E-state index contributed by atoms with van der Waals surface area (Å²) in [6.07, 6.45) is 0. The van der Waals surface area contributed by atoms with Crippen molar-refractivity contribution in [3.05, 3.63) is 45.7 Å². The minimum absolute atomic E-state index is 0.242. The lowest BCUT2D eigenvalue weighted by Crippen LogP contribution is -2.36. The van der Waals surface area contributed by atoms with Crippen LogP contribution in [0.2, 0.25) is 0 Å². The maximum atomic E-state index is 13.7. The zero-order valence-corrected chi connectivity index (χ0v) is 15.2. The van der Waals surface area contributed by atoms with Gasteiger partial charge in [-0.2, -0.15) is 0 Å². The lowest BCUT2D eigenvalue weighted by atomic mass is 10.2. The van der Waals surface area contributed by atoms with Crippen LogP contribution in [0.25, 0.3) is 0 Å². The summed E-state index contributed by atoms with van der Waals surface area (Å²) < 4.78 is 18.6. The molecule has 0 aliphatic carbocycles. The number of benzene rings is 1. The molecule has 24 heavy (non-hydrogen) atoms. The highest BCUT2D eigenvalue weighted by atomic mass is 32.1. The van der Waals surface area contributed by atoms with Crippen LogP contribution in [0.15, 0.2) is 28.6 Å². The van der Waals surface area contributed by atoms with Gasteiger partial charge in [-0.15, -0.1) is 11.3 Å². The number of ether oxygens (including phenoxy) is 1. The van der Waals surface area contributed by atoms with Crippen LogP contribution in [0.4, 0.5) is 4.39 Å². The highest BCUT2D eigenvalue weighted by Crippen LogP contribution is 2.18. The Morgan fingerprint density at radius 2 is 2.08 bits per heavy atom. The Bertz CT molecular complexity index is 700. The Hall–Kier alpha value is -2.15. The van der Waals surface area contributed by atoms with Crippen LogP contribution >= 0.6 is 11.3 Å². The molecule has 130 valence electrons. The van der Waals surface area contributed by atoms with Gasteiger partial charge in [0.05, 0.1) is 19.3 Å². The van der Waals surface area contributed by atoms with Crippen LogP contribution in [-0.2, 0) is 13.1 Å². The molecule has 0 radical (unpaired) electrons. The van der Waals surface area contributed by atoms with E-state index in [2.05, 4.69) is 39.8 Å². The summed E-state index contributed by atoms with van der Waals surface area (Å²) in [5, 5.41) is 9.46. The summed E-state index contributed by atoms with van der Waals surface area (Å²) in [6.45, 7) is 5.32. The van der Waals surface area contributed by atoms with Crippen molar-refractivity contribution in [2.45, 2.75) is 32.9 Å². The summed E-state index contributed by atoms with van der Waals surface area (Å²) >= 11 is 1.63. The number of nitrogens with one attached hydrogen (secondary N) is 2. The fourth-order valence-corrected chi connectivity index (χ4v) is 2.95. The van der Waals surface area contributed by atoms with E-state index in [9.17, 15) is 4.39 Å². The molecule has 1 heterocycles. The molecule has 0 bridgehead atoms. The van der Waals surface area contributed by atoms with Crippen molar-refractivity contribution < 1.29 is 9.13 Å². The highest BCUT2D eigenvalue weighted by Gasteiger charge is 2.07. The van der Waals surface area contributed by atoms with E-state index in [0.717, 1.165) is 16.3 Å². The highest BCUT2D eigenvalue weighted by molar-refractivity contribution is 7.09. The molecule has 2 rings (SSSR count). The minimum Gasteiger partial charge on any atom is -0.494 e. The smallest absolute Gasteiger partial charge is 0.191 e. The van der Waals surface area contributed by atoms with Crippen molar-refractivity contribution in [3.63, 3.8) is 0 Å². The Morgan fingerprint density at radius 3 is 2.67 bits per heavy atom. The molecule has 2 aromatic rings. The summed E-state index contributed by atoms with van der Waals surface area (Å²) in [7, 11) is 3.15. The topological polar surface area (TPSA) is 58.5 Å². The standard InChI is InChI=1S/C17H23FN4OS/c1-11(2)14-10-24-16(22-14)9-21-17(19-3)20-8-12-5-6-15(23-4)13(18)7-12/h5-7,10-11H,8-9H2,1-4H3,(H2,19,20,21). The molecule has 0 atom stereocenters. The van der Waals surface area contributed by atoms with E-state index in [1.165, 1.54) is 13.2 Å². The van der Waals surface area contributed by atoms with Crippen molar-refractivity contribution >= 4 is 17.3 Å². The molecule has 0 amide bonds. The van der Waals surface area contributed by atoms with Gasteiger partial charge in [0.25, 0.3) is 0 Å². The van der Waals surface area contributed by atoms with Gasteiger partial charge in [-0.1, -0.05) is 19.9 Å². The van der Waals surface area contributed by atoms with Gasteiger partial charge in [0, 0.05) is 19.0 Å². The number of rotatable bonds is 6. The predicted molar refractivity (Wildman–Crippen MR) is 96.2 cm³/mol. The first-order valence-corrected chi connectivity index (χ1v) is 8.62. The monoisotopic (exact) mass is 350 g/mol. The number of halogens is 1. The first-order chi connectivity index (χ1) is 11.5. The molecule has 0 unspecified atom stereocenters. The second-order valence-electron chi connectivity index (χ2n) is 5.57. The number of aliphatic imine (C=N–C) groups is 1. The fourth-order valence-electron chi connectivity index (χ4n) is 2.06. The van der Waals surface area contributed by atoms with E-state index in [4.69, 9.17) is 4.74 Å². The molecule has 5 nitrogen and oxygen atoms in total. The van der Waals surface area contributed by atoms with Gasteiger partial charge in [0.1, 0.15) is 5.01 Å². The molecule has 2 N–H and O–H groups in total. The summed E-state index contributed by atoms with van der Waals surface area (Å²) in [4.78, 5) is 8.74. The second-order valence-corrected chi connectivity index (χ2v) is 6.51. The van der Waals surface area contributed by atoms with Crippen molar-refractivity contribution in [2.75, 3.05) is 14.2 Å². The van der Waals surface area contributed by atoms with Gasteiger partial charge in [-0.3, -0.25) is 4.99 Å². The van der Waals surface area contributed by atoms with Gasteiger partial charge in [-0.25, -0.2) is 9.37 Å². The van der Waals surface area contributed by atoms with E-state index < -0.39 is 0 Å². The first-order valence-electron chi connectivity index (χ1n) is 7.74. The molecular formula is C17H23FN4OS. The lowest BCUT2D eigenvalue weighted by Gasteiger charge is -2.11. The third-order valence-electron chi connectivity index (χ3n) is 3.47. The number of aromatic nitrogens is 1. The Labute approximate surface area is 146 Å². The van der Waals surface area contributed by atoms with Gasteiger partial charge >= 0.3 is 0 Å². The molecule has 1 aromatic carbocycles. The maximum absolute atomic E-state index is 13.7. The van der Waals surface area contributed by atoms with Crippen LogP contribution in [0.3, 0.4) is 0 Å². The first kappa shape index (κ1) is 18.2. The van der Waals surface area contributed by atoms with Crippen LogP contribution < -0.4 is 15.4 Å². The van der Waals surface area contributed by atoms with E-state index in [1.807, 2.05) is 6.07 Å². The Morgan fingerprint density at radius 1 is 1.33 bits per heavy atom. The maximum Gasteiger partial charge on any atom is 0.191 e. The quantitative estimate of drug-likeness (QED) is 0.620. The Balaban J connectivity index is 1.87. The van der Waals surface area contributed by atoms with Crippen molar-refractivity contribution in [3.8, 4) is 5.75 Å². The number of thiazole rings is 1. The molecule has 7 heteroatoms. The van der Waals surface area contributed by atoms with Crippen LogP contribution in [0.1, 0.15) is 36.0 Å². The number of nitrogens with zero attached hydrogens (tertiary/aromatic N) is 2. The third kappa shape index (κ3) is 4.92. The lowest BCUT2D eigenvalue weighted by molar-refractivity contribution is 0.386. The van der Waals surface area contributed by atoms with Crippen molar-refractivity contribution in [2.24, 2.45) is 4.99 Å². The van der Waals surface area contributed by atoms with E-state index >= 15 is 0 Å². The normalized spacial score (nSPS) is 11.7. The van der Waals surface area contributed by atoms with Crippen molar-refractivity contribution in [1.82, 2.24) is 15.6 Å². The zero-order chi connectivity index (χ0) is 17.5.